The maximum atomic E-state index is 6.10. The first-order chi connectivity index (χ1) is 7.16. The Balaban J connectivity index is 4.43. The maximum absolute atomic E-state index is 6.10. The molecule has 0 aliphatic heterocycles. The minimum absolute atomic E-state index is 0.598. The van der Waals surface area contributed by atoms with Crippen LogP contribution in [0.1, 0.15) is 53.9 Å². The molecule has 0 aliphatic rings. The highest BCUT2D eigenvalue weighted by Crippen LogP contribution is 2.30. The van der Waals surface area contributed by atoms with Crippen molar-refractivity contribution in [2.45, 2.75) is 65.5 Å². The Kier molecular flexibility index (Phi) is 8.38. The van der Waals surface area contributed by atoms with Gasteiger partial charge in [0.25, 0.3) is 0 Å². The summed E-state index contributed by atoms with van der Waals surface area (Å²) in [6.07, 6.45) is 3.33. The van der Waals surface area contributed by atoms with Crippen molar-refractivity contribution >= 4 is 8.56 Å². The van der Waals surface area contributed by atoms with Crippen LogP contribution in [0.25, 0.3) is 0 Å². The predicted octanol–water partition coefficient (Wildman–Crippen LogP) is 4.10. The third-order valence-corrected chi connectivity index (χ3v) is 7.24. The predicted molar refractivity (Wildman–Crippen MR) is 68.4 cm³/mol. The van der Waals surface area contributed by atoms with E-state index in [2.05, 4.69) is 34.6 Å². The van der Waals surface area contributed by atoms with Crippen molar-refractivity contribution in [3.05, 3.63) is 0 Å². The SMILES string of the molecule is CCCO[Si](CC)(OCCC)C(C)CC. The average molecular weight is 232 g/mol. The number of hydrogen-bond donors (Lipinski definition) is 0. The molecule has 0 aliphatic carbocycles. The van der Waals surface area contributed by atoms with Crippen LogP contribution in [0.2, 0.25) is 11.6 Å². The summed E-state index contributed by atoms with van der Waals surface area (Å²) in [5, 5.41) is 0. The lowest BCUT2D eigenvalue weighted by Gasteiger charge is -2.34. The van der Waals surface area contributed by atoms with Crippen LogP contribution in [0, 0.1) is 0 Å². The Hall–Kier alpha value is 0.137. The van der Waals surface area contributed by atoms with E-state index in [0.717, 1.165) is 38.5 Å². The molecule has 0 amide bonds. The molecule has 0 aromatic rings. The molecule has 0 radical (unpaired) electrons. The van der Waals surface area contributed by atoms with E-state index in [1.165, 1.54) is 0 Å². The molecule has 3 heteroatoms. The molecule has 0 aromatic heterocycles. The normalized spacial score (nSPS) is 14.2. The van der Waals surface area contributed by atoms with Gasteiger partial charge in [0.15, 0.2) is 0 Å². The van der Waals surface area contributed by atoms with E-state index in [9.17, 15) is 0 Å². The highest BCUT2D eigenvalue weighted by atomic mass is 28.4. The fourth-order valence-electron chi connectivity index (χ4n) is 1.74. The maximum Gasteiger partial charge on any atom is 0.340 e. The Morgan fingerprint density at radius 3 is 1.67 bits per heavy atom. The fraction of sp³-hybridized carbons (Fsp3) is 1.00. The van der Waals surface area contributed by atoms with Gasteiger partial charge in [-0.3, -0.25) is 0 Å². The second kappa shape index (κ2) is 8.31. The second-order valence-electron chi connectivity index (χ2n) is 4.17. The van der Waals surface area contributed by atoms with Gasteiger partial charge in [0.1, 0.15) is 0 Å². The molecule has 1 unspecified atom stereocenters. The van der Waals surface area contributed by atoms with E-state index < -0.39 is 8.56 Å². The molecule has 92 valence electrons. The van der Waals surface area contributed by atoms with Gasteiger partial charge < -0.3 is 8.85 Å². The second-order valence-corrected chi connectivity index (χ2v) is 8.07. The lowest BCUT2D eigenvalue weighted by molar-refractivity contribution is 0.159. The molecule has 0 saturated carbocycles. The summed E-state index contributed by atoms with van der Waals surface area (Å²) in [5.74, 6) is 0. The summed E-state index contributed by atoms with van der Waals surface area (Å²) < 4.78 is 12.2. The molecule has 0 saturated heterocycles. The van der Waals surface area contributed by atoms with E-state index in [1.54, 1.807) is 0 Å². The standard InChI is InChI=1S/C12H28O2Si/c1-6-10-13-15(9-4,12(5)8-3)14-11-7-2/h12H,6-11H2,1-5H3. The highest BCUT2D eigenvalue weighted by molar-refractivity contribution is 6.68. The Morgan fingerprint density at radius 1 is 0.933 bits per heavy atom. The molecule has 0 spiro atoms. The van der Waals surface area contributed by atoms with Crippen LogP contribution < -0.4 is 0 Å². The third kappa shape index (κ3) is 4.66. The molecular weight excluding hydrogens is 204 g/mol. The molecular formula is C12H28O2Si. The van der Waals surface area contributed by atoms with Gasteiger partial charge in [-0.25, -0.2) is 0 Å². The van der Waals surface area contributed by atoms with E-state index in [4.69, 9.17) is 8.85 Å². The minimum Gasteiger partial charge on any atom is -0.394 e. The van der Waals surface area contributed by atoms with E-state index in [0.29, 0.717) is 5.54 Å². The zero-order chi connectivity index (χ0) is 11.7. The third-order valence-electron chi connectivity index (χ3n) is 2.96. The average Bonchev–Trinajstić information content (AvgIpc) is 2.29. The van der Waals surface area contributed by atoms with Crippen LogP contribution in [0.5, 0.6) is 0 Å². The first-order valence-electron chi connectivity index (χ1n) is 6.44. The quantitative estimate of drug-likeness (QED) is 0.557. The minimum atomic E-state index is -1.91. The van der Waals surface area contributed by atoms with Crippen LogP contribution in [0.3, 0.4) is 0 Å². The van der Waals surface area contributed by atoms with Crippen molar-refractivity contribution in [2.75, 3.05) is 13.2 Å². The summed E-state index contributed by atoms with van der Waals surface area (Å²) in [5.41, 5.74) is 0.598. The van der Waals surface area contributed by atoms with Gasteiger partial charge in [0.05, 0.1) is 0 Å². The number of hydrogen-bond acceptors (Lipinski definition) is 2. The highest BCUT2D eigenvalue weighted by Gasteiger charge is 2.40. The molecule has 0 aromatic carbocycles. The summed E-state index contributed by atoms with van der Waals surface area (Å²) >= 11 is 0. The number of rotatable bonds is 9. The zero-order valence-corrected chi connectivity index (χ0v) is 12.1. The first kappa shape index (κ1) is 15.1. The molecule has 0 rings (SSSR count). The van der Waals surface area contributed by atoms with Gasteiger partial charge in [-0.05, 0) is 24.4 Å². The van der Waals surface area contributed by atoms with E-state index in [1.807, 2.05) is 0 Å². The topological polar surface area (TPSA) is 18.5 Å². The van der Waals surface area contributed by atoms with Crippen LogP contribution in [-0.4, -0.2) is 21.8 Å². The Morgan fingerprint density at radius 2 is 1.40 bits per heavy atom. The molecule has 0 fully saturated rings. The summed E-state index contributed by atoms with van der Waals surface area (Å²) in [4.78, 5) is 0. The molecule has 1 atom stereocenters. The van der Waals surface area contributed by atoms with Gasteiger partial charge in [-0.2, -0.15) is 0 Å². The van der Waals surface area contributed by atoms with E-state index in [-0.39, 0.29) is 0 Å². The molecule has 0 heterocycles. The van der Waals surface area contributed by atoms with Crippen molar-refractivity contribution in [3.63, 3.8) is 0 Å². The van der Waals surface area contributed by atoms with Crippen molar-refractivity contribution in [3.8, 4) is 0 Å². The monoisotopic (exact) mass is 232 g/mol. The lowest BCUT2D eigenvalue weighted by Crippen LogP contribution is -2.45. The molecule has 15 heavy (non-hydrogen) atoms. The van der Waals surface area contributed by atoms with Crippen molar-refractivity contribution in [1.29, 1.82) is 0 Å². The van der Waals surface area contributed by atoms with Gasteiger partial charge >= 0.3 is 8.56 Å². The van der Waals surface area contributed by atoms with Gasteiger partial charge in [0.2, 0.25) is 0 Å². The first-order valence-corrected chi connectivity index (χ1v) is 8.54. The Labute approximate surface area is 96.6 Å². The van der Waals surface area contributed by atoms with Gasteiger partial charge in [-0.1, -0.05) is 41.0 Å². The summed E-state index contributed by atoms with van der Waals surface area (Å²) in [7, 11) is -1.91. The smallest absolute Gasteiger partial charge is 0.340 e. The van der Waals surface area contributed by atoms with Crippen LogP contribution in [0.4, 0.5) is 0 Å². The zero-order valence-electron chi connectivity index (χ0n) is 11.1. The van der Waals surface area contributed by atoms with Crippen LogP contribution >= 0.6 is 0 Å². The lowest BCUT2D eigenvalue weighted by atomic mass is 10.4. The van der Waals surface area contributed by atoms with Crippen molar-refractivity contribution in [2.24, 2.45) is 0 Å². The Bertz CT molecular complexity index is 143. The summed E-state index contributed by atoms with van der Waals surface area (Å²) in [6.45, 7) is 12.7. The largest absolute Gasteiger partial charge is 0.394 e. The van der Waals surface area contributed by atoms with Crippen LogP contribution in [-0.2, 0) is 8.85 Å². The van der Waals surface area contributed by atoms with Crippen LogP contribution in [0.15, 0.2) is 0 Å². The summed E-state index contributed by atoms with van der Waals surface area (Å²) in [6, 6.07) is 1.07. The molecule has 0 bridgehead atoms. The molecule has 0 N–H and O–H groups in total. The van der Waals surface area contributed by atoms with Gasteiger partial charge in [0, 0.05) is 13.2 Å². The van der Waals surface area contributed by atoms with Crippen molar-refractivity contribution in [1.82, 2.24) is 0 Å². The molecule has 2 nitrogen and oxygen atoms in total. The fourth-order valence-corrected chi connectivity index (χ4v) is 5.22. The van der Waals surface area contributed by atoms with Gasteiger partial charge in [-0.15, -0.1) is 0 Å². The van der Waals surface area contributed by atoms with Crippen molar-refractivity contribution < 1.29 is 8.85 Å². The van der Waals surface area contributed by atoms with E-state index >= 15 is 0 Å².